The molecule has 0 spiro atoms. The largest absolute Gasteiger partial charge is 0.489 e. The maximum absolute atomic E-state index is 12.0. The first kappa shape index (κ1) is 16.0. The molecule has 0 aliphatic heterocycles. The zero-order valence-corrected chi connectivity index (χ0v) is 13.0. The van der Waals surface area contributed by atoms with Crippen molar-refractivity contribution in [2.24, 2.45) is 0 Å². The molecule has 0 aliphatic carbocycles. The van der Waals surface area contributed by atoms with Crippen molar-refractivity contribution in [3.8, 4) is 5.75 Å². The minimum Gasteiger partial charge on any atom is -0.489 e. The number of carbonyl (C=O) groups is 1. The van der Waals surface area contributed by atoms with Crippen molar-refractivity contribution in [2.75, 3.05) is 20.2 Å². The van der Waals surface area contributed by atoms with Gasteiger partial charge in [0, 0.05) is 19.2 Å². The maximum atomic E-state index is 12.0. The van der Waals surface area contributed by atoms with E-state index in [0.29, 0.717) is 24.5 Å². The summed E-state index contributed by atoms with van der Waals surface area (Å²) in [5, 5.41) is 12.7. The number of rotatable bonds is 6. The number of hydrogen-bond donors (Lipinski definition) is 1. The number of aryl methyl sites for hydroxylation is 2. The Bertz CT molecular complexity index is 615. The van der Waals surface area contributed by atoms with Gasteiger partial charge in [-0.1, -0.05) is 5.16 Å². The fourth-order valence-corrected chi connectivity index (χ4v) is 2.03. The smallest absolute Gasteiger partial charge is 0.253 e. The number of amides is 1. The normalized spacial score (nSPS) is 10.5. The summed E-state index contributed by atoms with van der Waals surface area (Å²) in [5.74, 6) is 1.28. The molecular weight excluding hydrogens is 284 g/mol. The Morgan fingerprint density at radius 3 is 2.55 bits per heavy atom. The van der Waals surface area contributed by atoms with E-state index in [1.807, 2.05) is 13.8 Å². The van der Waals surface area contributed by atoms with Crippen LogP contribution in [0.3, 0.4) is 0 Å². The van der Waals surface area contributed by atoms with Gasteiger partial charge in [-0.25, -0.2) is 0 Å². The van der Waals surface area contributed by atoms with Crippen LogP contribution in [0, 0.1) is 13.8 Å². The van der Waals surface area contributed by atoms with Crippen molar-refractivity contribution in [1.82, 2.24) is 10.1 Å². The second kappa shape index (κ2) is 7.09. The minimum absolute atomic E-state index is 0.0547. The van der Waals surface area contributed by atoms with Gasteiger partial charge in [-0.05, 0) is 38.1 Å². The summed E-state index contributed by atoms with van der Waals surface area (Å²) in [6, 6.07) is 6.91. The minimum atomic E-state index is -0.133. The molecular formula is C16H20N2O4. The molecule has 0 fully saturated rings. The van der Waals surface area contributed by atoms with Gasteiger partial charge in [-0.2, -0.15) is 0 Å². The van der Waals surface area contributed by atoms with Gasteiger partial charge in [0.05, 0.1) is 17.9 Å². The van der Waals surface area contributed by atoms with Crippen LogP contribution in [0.4, 0.5) is 0 Å². The first-order valence-electron chi connectivity index (χ1n) is 7.04. The van der Waals surface area contributed by atoms with E-state index in [1.165, 1.54) is 4.90 Å². The molecule has 1 aromatic carbocycles. The molecule has 1 amide bonds. The summed E-state index contributed by atoms with van der Waals surface area (Å²) >= 11 is 0. The Balaban J connectivity index is 1.99. The molecule has 1 heterocycles. The van der Waals surface area contributed by atoms with Crippen LogP contribution in [0.25, 0.3) is 0 Å². The number of aliphatic hydroxyl groups is 1. The highest BCUT2D eigenvalue weighted by molar-refractivity contribution is 5.94. The lowest BCUT2D eigenvalue weighted by Gasteiger charge is -2.15. The molecule has 2 aromatic rings. The molecule has 1 aromatic heterocycles. The summed E-state index contributed by atoms with van der Waals surface area (Å²) in [6.45, 7) is 4.34. The molecule has 1 N–H and O–H groups in total. The lowest BCUT2D eigenvalue weighted by Crippen LogP contribution is -2.29. The highest BCUT2D eigenvalue weighted by Gasteiger charge is 2.12. The molecule has 0 unspecified atom stereocenters. The summed E-state index contributed by atoms with van der Waals surface area (Å²) in [6.07, 6.45) is 0. The van der Waals surface area contributed by atoms with Crippen molar-refractivity contribution >= 4 is 5.91 Å². The second-order valence-electron chi connectivity index (χ2n) is 5.07. The SMILES string of the molecule is Cc1noc(C)c1COc1ccc(C(=O)N(C)CCO)cc1. The highest BCUT2D eigenvalue weighted by Crippen LogP contribution is 2.18. The van der Waals surface area contributed by atoms with Crippen LogP contribution < -0.4 is 4.74 Å². The number of ether oxygens (including phenoxy) is 1. The predicted octanol–water partition coefficient (Wildman–Crippen LogP) is 1.93. The standard InChI is InChI=1S/C16H20N2O4/c1-11-15(12(2)22-17-11)10-21-14-6-4-13(5-7-14)16(20)18(3)8-9-19/h4-7,19H,8-10H2,1-3H3. The van der Waals surface area contributed by atoms with Crippen LogP contribution >= 0.6 is 0 Å². The maximum Gasteiger partial charge on any atom is 0.253 e. The van der Waals surface area contributed by atoms with E-state index in [-0.39, 0.29) is 12.5 Å². The van der Waals surface area contributed by atoms with Gasteiger partial charge in [0.1, 0.15) is 18.1 Å². The first-order valence-corrected chi connectivity index (χ1v) is 7.04. The first-order chi connectivity index (χ1) is 10.5. The molecule has 6 nitrogen and oxygen atoms in total. The quantitative estimate of drug-likeness (QED) is 0.882. The van der Waals surface area contributed by atoms with E-state index >= 15 is 0 Å². The van der Waals surface area contributed by atoms with Gasteiger partial charge in [0.15, 0.2) is 0 Å². The molecule has 0 saturated heterocycles. The number of nitrogens with zero attached hydrogens (tertiary/aromatic N) is 2. The molecule has 0 saturated carbocycles. The number of aliphatic hydroxyl groups excluding tert-OH is 1. The highest BCUT2D eigenvalue weighted by atomic mass is 16.5. The fraction of sp³-hybridized carbons (Fsp3) is 0.375. The Morgan fingerprint density at radius 2 is 2.00 bits per heavy atom. The average molecular weight is 304 g/mol. The Labute approximate surface area is 129 Å². The van der Waals surface area contributed by atoms with Crippen molar-refractivity contribution in [1.29, 1.82) is 0 Å². The fourth-order valence-electron chi connectivity index (χ4n) is 2.03. The van der Waals surface area contributed by atoms with Crippen molar-refractivity contribution in [3.05, 3.63) is 46.8 Å². The zero-order chi connectivity index (χ0) is 16.1. The molecule has 0 atom stereocenters. The van der Waals surface area contributed by atoms with Crippen LogP contribution in [0.2, 0.25) is 0 Å². The van der Waals surface area contributed by atoms with E-state index in [1.54, 1.807) is 31.3 Å². The van der Waals surface area contributed by atoms with Gasteiger partial charge >= 0.3 is 0 Å². The molecule has 0 aliphatic rings. The lowest BCUT2D eigenvalue weighted by atomic mass is 10.2. The van der Waals surface area contributed by atoms with Gasteiger partial charge in [0.25, 0.3) is 5.91 Å². The van der Waals surface area contributed by atoms with E-state index in [9.17, 15) is 4.79 Å². The van der Waals surface area contributed by atoms with E-state index in [4.69, 9.17) is 14.4 Å². The molecule has 118 valence electrons. The van der Waals surface area contributed by atoms with Crippen LogP contribution in [0.5, 0.6) is 5.75 Å². The van der Waals surface area contributed by atoms with Crippen molar-refractivity contribution < 1.29 is 19.2 Å². The Kier molecular flexibility index (Phi) is 5.16. The Hall–Kier alpha value is -2.34. The third-order valence-corrected chi connectivity index (χ3v) is 3.45. The van der Waals surface area contributed by atoms with Crippen molar-refractivity contribution in [3.63, 3.8) is 0 Å². The molecule has 6 heteroatoms. The van der Waals surface area contributed by atoms with E-state index < -0.39 is 0 Å². The van der Waals surface area contributed by atoms with Gasteiger partial charge < -0.3 is 19.3 Å². The topological polar surface area (TPSA) is 75.8 Å². The molecule has 0 bridgehead atoms. The number of benzene rings is 1. The second-order valence-corrected chi connectivity index (χ2v) is 5.07. The number of likely N-dealkylation sites (N-methyl/N-ethyl adjacent to an activating group) is 1. The molecule has 2 rings (SSSR count). The summed E-state index contributed by atoms with van der Waals surface area (Å²) < 4.78 is 10.8. The van der Waals surface area contributed by atoms with Crippen LogP contribution in [0.1, 0.15) is 27.4 Å². The molecule has 22 heavy (non-hydrogen) atoms. The Morgan fingerprint density at radius 1 is 1.32 bits per heavy atom. The zero-order valence-electron chi connectivity index (χ0n) is 13.0. The van der Waals surface area contributed by atoms with Gasteiger partial charge in [0.2, 0.25) is 0 Å². The summed E-state index contributed by atoms with van der Waals surface area (Å²) in [7, 11) is 1.65. The van der Waals surface area contributed by atoms with E-state index in [0.717, 1.165) is 17.0 Å². The molecule has 0 radical (unpaired) electrons. The summed E-state index contributed by atoms with van der Waals surface area (Å²) in [5.41, 5.74) is 2.30. The van der Waals surface area contributed by atoms with Crippen molar-refractivity contribution in [2.45, 2.75) is 20.5 Å². The summed E-state index contributed by atoms with van der Waals surface area (Å²) in [4.78, 5) is 13.5. The van der Waals surface area contributed by atoms with Gasteiger partial charge in [-0.3, -0.25) is 4.79 Å². The van der Waals surface area contributed by atoms with Crippen LogP contribution in [-0.2, 0) is 6.61 Å². The van der Waals surface area contributed by atoms with Crippen LogP contribution in [-0.4, -0.2) is 41.3 Å². The van der Waals surface area contributed by atoms with Gasteiger partial charge in [-0.15, -0.1) is 0 Å². The lowest BCUT2D eigenvalue weighted by molar-refractivity contribution is 0.0767. The van der Waals surface area contributed by atoms with E-state index in [2.05, 4.69) is 5.16 Å². The number of hydrogen-bond acceptors (Lipinski definition) is 5. The predicted molar refractivity (Wildman–Crippen MR) is 80.8 cm³/mol. The number of aromatic nitrogens is 1. The monoisotopic (exact) mass is 304 g/mol. The third-order valence-electron chi connectivity index (χ3n) is 3.45. The third kappa shape index (κ3) is 3.65. The van der Waals surface area contributed by atoms with Crippen LogP contribution in [0.15, 0.2) is 28.8 Å². The number of carbonyl (C=O) groups excluding carboxylic acids is 1. The average Bonchev–Trinajstić information content (AvgIpc) is 2.84.